The quantitative estimate of drug-likeness (QED) is 0.716. The van der Waals surface area contributed by atoms with E-state index in [-0.39, 0.29) is 11.9 Å². The maximum Gasteiger partial charge on any atom is 0.274 e. The molecule has 2 aromatic heterocycles. The molecular weight excluding hydrogens is 320 g/mol. The molecule has 1 saturated heterocycles. The fourth-order valence-electron chi connectivity index (χ4n) is 2.86. The highest BCUT2D eigenvalue weighted by molar-refractivity contribution is 5.92. The van der Waals surface area contributed by atoms with Gasteiger partial charge in [-0.3, -0.25) is 9.78 Å². The summed E-state index contributed by atoms with van der Waals surface area (Å²) in [5.41, 5.74) is 1.19. The Labute approximate surface area is 144 Å². The summed E-state index contributed by atoms with van der Waals surface area (Å²) in [4.78, 5) is 27.1. The summed E-state index contributed by atoms with van der Waals surface area (Å²) >= 11 is 0. The highest BCUT2D eigenvalue weighted by Gasteiger charge is 2.33. The summed E-state index contributed by atoms with van der Waals surface area (Å²) in [7, 11) is 0. The lowest BCUT2D eigenvalue weighted by Crippen LogP contribution is -2.44. The molecule has 1 unspecified atom stereocenters. The monoisotopic (exact) mass is 336 g/mol. The molecule has 0 aliphatic carbocycles. The Morgan fingerprint density at radius 1 is 1.16 bits per heavy atom. The number of morpholine rings is 1. The minimum atomic E-state index is -0.342. The molecule has 0 bridgehead atoms. The average Bonchev–Trinajstić information content (AvgIpc) is 3.18. The van der Waals surface area contributed by atoms with Gasteiger partial charge in [0, 0.05) is 18.9 Å². The van der Waals surface area contributed by atoms with Crippen LogP contribution >= 0.6 is 0 Å². The second-order valence-corrected chi connectivity index (χ2v) is 5.55. The highest BCUT2D eigenvalue weighted by Crippen LogP contribution is 2.25. The highest BCUT2D eigenvalue weighted by atomic mass is 16.5. The van der Waals surface area contributed by atoms with E-state index in [0.29, 0.717) is 31.3 Å². The maximum atomic E-state index is 12.9. The number of rotatable bonds is 3. The number of para-hydroxylation sites is 1. The summed E-state index contributed by atoms with van der Waals surface area (Å²) in [6.07, 6.45) is 6.01. The number of benzene rings is 1. The fraction of sp³-hybridized carbons (Fsp3) is 0.235. The van der Waals surface area contributed by atoms with E-state index in [1.807, 2.05) is 30.3 Å². The number of carbonyl (C=O) groups is 1. The van der Waals surface area contributed by atoms with Crippen LogP contribution in [0.3, 0.4) is 0 Å². The Balaban J connectivity index is 1.69. The van der Waals surface area contributed by atoms with Gasteiger partial charge in [-0.25, -0.2) is 14.6 Å². The zero-order valence-corrected chi connectivity index (χ0v) is 13.4. The van der Waals surface area contributed by atoms with Gasteiger partial charge in [-0.15, -0.1) is 0 Å². The van der Waals surface area contributed by atoms with Gasteiger partial charge in [-0.2, -0.15) is 5.10 Å². The molecule has 8 nitrogen and oxygen atoms in total. The maximum absolute atomic E-state index is 12.9. The first kappa shape index (κ1) is 15.4. The molecular formula is C17H16N6O2. The van der Waals surface area contributed by atoms with Gasteiger partial charge in [0.25, 0.3) is 5.91 Å². The number of nitrogens with zero attached hydrogens (tertiary/aromatic N) is 6. The van der Waals surface area contributed by atoms with Gasteiger partial charge >= 0.3 is 0 Å². The second-order valence-electron chi connectivity index (χ2n) is 5.55. The SMILES string of the molecule is O=C(c1cnccn1)N1CCOCC1c1ncnn1-c1ccccc1. The molecule has 1 aliphatic heterocycles. The van der Waals surface area contributed by atoms with Crippen molar-refractivity contribution in [3.63, 3.8) is 0 Å². The third-order valence-corrected chi connectivity index (χ3v) is 4.04. The lowest BCUT2D eigenvalue weighted by Gasteiger charge is -2.34. The van der Waals surface area contributed by atoms with Crippen LogP contribution in [-0.4, -0.2) is 55.3 Å². The average molecular weight is 336 g/mol. The minimum absolute atomic E-state index is 0.191. The topological polar surface area (TPSA) is 86.0 Å². The molecule has 1 aliphatic rings. The number of hydrogen-bond acceptors (Lipinski definition) is 6. The van der Waals surface area contributed by atoms with Gasteiger partial charge in [0.15, 0.2) is 5.82 Å². The first-order valence-electron chi connectivity index (χ1n) is 7.94. The number of carbonyl (C=O) groups excluding carboxylic acids is 1. The third kappa shape index (κ3) is 2.99. The van der Waals surface area contributed by atoms with E-state index < -0.39 is 0 Å². The smallest absolute Gasteiger partial charge is 0.274 e. The van der Waals surface area contributed by atoms with Crippen LogP contribution in [0, 0.1) is 0 Å². The van der Waals surface area contributed by atoms with E-state index >= 15 is 0 Å². The molecule has 1 aromatic carbocycles. The molecule has 25 heavy (non-hydrogen) atoms. The zero-order chi connectivity index (χ0) is 17.1. The van der Waals surface area contributed by atoms with E-state index in [4.69, 9.17) is 4.74 Å². The summed E-state index contributed by atoms with van der Waals surface area (Å²) < 4.78 is 7.33. The van der Waals surface area contributed by atoms with Crippen LogP contribution in [0.15, 0.2) is 55.2 Å². The second kappa shape index (κ2) is 6.78. The summed E-state index contributed by atoms with van der Waals surface area (Å²) in [6.45, 7) is 1.29. The van der Waals surface area contributed by atoms with Crippen LogP contribution in [0.5, 0.6) is 0 Å². The Morgan fingerprint density at radius 2 is 2.04 bits per heavy atom. The third-order valence-electron chi connectivity index (χ3n) is 4.04. The summed E-state index contributed by atoms with van der Waals surface area (Å²) in [5.74, 6) is 0.465. The predicted molar refractivity (Wildman–Crippen MR) is 88.0 cm³/mol. The normalized spacial score (nSPS) is 17.4. The number of ether oxygens (including phenoxy) is 1. The molecule has 0 radical (unpaired) electrons. The van der Waals surface area contributed by atoms with Crippen molar-refractivity contribution in [2.75, 3.05) is 19.8 Å². The Bertz CT molecular complexity index is 852. The van der Waals surface area contributed by atoms with Crippen molar-refractivity contribution in [3.8, 4) is 5.69 Å². The molecule has 126 valence electrons. The molecule has 0 saturated carbocycles. The van der Waals surface area contributed by atoms with Gasteiger partial charge in [-0.1, -0.05) is 18.2 Å². The number of aromatic nitrogens is 5. The van der Waals surface area contributed by atoms with Gasteiger partial charge in [0.1, 0.15) is 18.1 Å². The van der Waals surface area contributed by atoms with Crippen LogP contribution in [0.1, 0.15) is 22.4 Å². The molecule has 1 fully saturated rings. The van der Waals surface area contributed by atoms with E-state index in [2.05, 4.69) is 20.1 Å². The van der Waals surface area contributed by atoms with Crippen LogP contribution in [0.25, 0.3) is 5.69 Å². The van der Waals surface area contributed by atoms with Gasteiger partial charge in [-0.05, 0) is 12.1 Å². The number of amides is 1. The Kier molecular flexibility index (Phi) is 4.17. The van der Waals surface area contributed by atoms with Crippen LogP contribution in [0.4, 0.5) is 0 Å². The Morgan fingerprint density at radius 3 is 2.84 bits per heavy atom. The number of hydrogen-bond donors (Lipinski definition) is 0. The van der Waals surface area contributed by atoms with Gasteiger partial charge < -0.3 is 9.64 Å². The standard InChI is InChI=1S/C17H16N6O2/c24-17(14-10-18-6-7-19-14)22-8-9-25-11-15(22)16-20-12-21-23(16)13-4-2-1-3-5-13/h1-7,10,12,15H,8-9,11H2. The van der Waals surface area contributed by atoms with Crippen LogP contribution < -0.4 is 0 Å². The first-order valence-corrected chi connectivity index (χ1v) is 7.94. The van der Waals surface area contributed by atoms with Crippen molar-refractivity contribution in [2.45, 2.75) is 6.04 Å². The van der Waals surface area contributed by atoms with Crippen LogP contribution in [0.2, 0.25) is 0 Å². The Hall–Kier alpha value is -3.13. The van der Waals surface area contributed by atoms with Crippen molar-refractivity contribution in [2.24, 2.45) is 0 Å². The molecule has 0 spiro atoms. The molecule has 1 amide bonds. The van der Waals surface area contributed by atoms with Crippen molar-refractivity contribution in [3.05, 3.63) is 66.8 Å². The first-order chi connectivity index (χ1) is 12.3. The lowest BCUT2D eigenvalue weighted by atomic mass is 10.2. The van der Waals surface area contributed by atoms with Crippen molar-refractivity contribution < 1.29 is 9.53 Å². The molecule has 4 rings (SSSR count). The molecule has 3 aromatic rings. The molecule has 0 N–H and O–H groups in total. The summed E-state index contributed by atoms with van der Waals surface area (Å²) in [6, 6.07) is 9.34. The summed E-state index contributed by atoms with van der Waals surface area (Å²) in [5, 5.41) is 4.31. The van der Waals surface area contributed by atoms with E-state index in [0.717, 1.165) is 5.69 Å². The van der Waals surface area contributed by atoms with Crippen molar-refractivity contribution in [1.82, 2.24) is 29.6 Å². The molecule has 1 atom stereocenters. The largest absolute Gasteiger partial charge is 0.377 e. The zero-order valence-electron chi connectivity index (χ0n) is 13.4. The van der Waals surface area contributed by atoms with E-state index in [9.17, 15) is 4.79 Å². The minimum Gasteiger partial charge on any atom is -0.377 e. The van der Waals surface area contributed by atoms with Crippen molar-refractivity contribution in [1.29, 1.82) is 0 Å². The van der Waals surface area contributed by atoms with Gasteiger partial charge in [0.05, 0.1) is 25.1 Å². The van der Waals surface area contributed by atoms with Crippen LogP contribution in [-0.2, 0) is 4.74 Å². The molecule has 3 heterocycles. The lowest BCUT2D eigenvalue weighted by molar-refractivity contribution is -0.00612. The van der Waals surface area contributed by atoms with Gasteiger partial charge in [0.2, 0.25) is 0 Å². The van der Waals surface area contributed by atoms with E-state index in [1.165, 1.54) is 18.7 Å². The van der Waals surface area contributed by atoms with Crippen molar-refractivity contribution >= 4 is 5.91 Å². The fourth-order valence-corrected chi connectivity index (χ4v) is 2.86. The molecule has 8 heteroatoms. The van der Waals surface area contributed by atoms with E-state index in [1.54, 1.807) is 15.8 Å². The predicted octanol–water partition coefficient (Wildman–Crippen LogP) is 1.27.